The second-order valence-electron chi connectivity index (χ2n) is 3.32. The van der Waals surface area contributed by atoms with Crippen LogP contribution < -0.4 is 4.74 Å². The van der Waals surface area contributed by atoms with E-state index in [0.717, 1.165) is 22.6 Å². The molecule has 0 atom stereocenters. The number of rotatable bonds is 0. The fraction of sp³-hybridized carbons (Fsp3) is 0. The van der Waals surface area contributed by atoms with E-state index in [1.54, 1.807) is 0 Å². The van der Waals surface area contributed by atoms with Gasteiger partial charge in [0, 0.05) is 0 Å². The van der Waals surface area contributed by atoms with Crippen molar-refractivity contribution < 1.29 is 4.74 Å². The van der Waals surface area contributed by atoms with Crippen LogP contribution in [-0.4, -0.2) is 0 Å². The molecule has 1 nitrogen and oxygen atoms in total. The topological polar surface area (TPSA) is 9.23 Å². The van der Waals surface area contributed by atoms with Crippen LogP contribution in [0.4, 0.5) is 0 Å². The van der Waals surface area contributed by atoms with Gasteiger partial charge in [-0.15, -0.1) is 18.6 Å². The molecule has 1 heterocycles. The molecule has 14 heavy (non-hydrogen) atoms. The summed E-state index contributed by atoms with van der Waals surface area (Å²) in [5.41, 5.74) is 2.29. The number of benzene rings is 2. The largest absolute Gasteiger partial charge is 0.527 e. The first-order valence-electron chi connectivity index (χ1n) is 4.64. The van der Waals surface area contributed by atoms with Crippen LogP contribution in [0, 0.1) is 6.42 Å². The van der Waals surface area contributed by atoms with Crippen molar-refractivity contribution in [2.24, 2.45) is 0 Å². The van der Waals surface area contributed by atoms with Crippen LogP contribution >= 0.6 is 0 Å². The molecule has 1 aliphatic rings. The molecule has 0 amide bonds. The van der Waals surface area contributed by atoms with Crippen molar-refractivity contribution in [1.29, 1.82) is 0 Å². The monoisotopic (exact) mass is 181 g/mol. The van der Waals surface area contributed by atoms with E-state index in [1.807, 2.05) is 36.4 Å². The summed E-state index contributed by atoms with van der Waals surface area (Å²) in [5.74, 6) is 1.87. The van der Waals surface area contributed by atoms with Crippen molar-refractivity contribution in [1.82, 2.24) is 0 Å². The molecule has 1 heteroatoms. The smallest absolute Gasteiger partial charge is 0.0573 e. The Labute approximate surface area is 83.0 Å². The molecule has 0 unspecified atom stereocenters. The Morgan fingerprint density at radius 1 is 0.714 bits per heavy atom. The van der Waals surface area contributed by atoms with Crippen LogP contribution in [0.15, 0.2) is 48.5 Å². The SMILES string of the molecule is c1ccc2c(c1)[CH-]c1ccccc1O2. The quantitative estimate of drug-likeness (QED) is 0.483. The average Bonchev–Trinajstić information content (AvgIpc) is 2.26. The minimum atomic E-state index is 0.936. The molecule has 0 bridgehead atoms. The van der Waals surface area contributed by atoms with Gasteiger partial charge in [0.15, 0.2) is 0 Å². The highest BCUT2D eigenvalue weighted by molar-refractivity contribution is 5.56. The molecular formula is C13H9O-. The van der Waals surface area contributed by atoms with Gasteiger partial charge in [0.05, 0.1) is 11.5 Å². The van der Waals surface area contributed by atoms with Gasteiger partial charge in [-0.1, -0.05) is 47.5 Å². The Bertz CT molecular complexity index is 387. The summed E-state index contributed by atoms with van der Waals surface area (Å²) >= 11 is 0. The minimum Gasteiger partial charge on any atom is -0.527 e. The van der Waals surface area contributed by atoms with Crippen LogP contribution in [0.2, 0.25) is 0 Å². The fourth-order valence-corrected chi connectivity index (χ4v) is 1.67. The second kappa shape index (κ2) is 2.81. The second-order valence-corrected chi connectivity index (χ2v) is 3.32. The first kappa shape index (κ1) is 7.51. The van der Waals surface area contributed by atoms with Gasteiger partial charge in [-0.2, -0.15) is 0 Å². The third kappa shape index (κ3) is 1.06. The summed E-state index contributed by atoms with van der Waals surface area (Å²) in [5, 5.41) is 0. The first-order valence-corrected chi connectivity index (χ1v) is 4.64. The maximum atomic E-state index is 5.75. The van der Waals surface area contributed by atoms with Gasteiger partial charge in [0.1, 0.15) is 0 Å². The molecule has 1 aliphatic heterocycles. The lowest BCUT2D eigenvalue weighted by Gasteiger charge is -2.26. The third-order valence-corrected chi connectivity index (χ3v) is 2.37. The highest BCUT2D eigenvalue weighted by atomic mass is 16.5. The lowest BCUT2D eigenvalue weighted by molar-refractivity contribution is 0.469. The Morgan fingerprint density at radius 3 is 1.79 bits per heavy atom. The minimum absolute atomic E-state index is 0.936. The zero-order chi connectivity index (χ0) is 9.38. The summed E-state index contributed by atoms with van der Waals surface area (Å²) in [7, 11) is 0. The molecule has 0 aliphatic carbocycles. The van der Waals surface area contributed by atoms with Crippen LogP contribution in [0.5, 0.6) is 11.5 Å². The predicted octanol–water partition coefficient (Wildman–Crippen LogP) is 3.39. The zero-order valence-corrected chi connectivity index (χ0v) is 7.60. The Hall–Kier alpha value is -1.89. The Balaban J connectivity index is 2.12. The van der Waals surface area contributed by atoms with Crippen molar-refractivity contribution in [2.45, 2.75) is 0 Å². The normalized spacial score (nSPS) is 12.0. The van der Waals surface area contributed by atoms with Gasteiger partial charge in [-0.05, 0) is 0 Å². The van der Waals surface area contributed by atoms with Crippen molar-refractivity contribution >= 4 is 0 Å². The number of hydrogen-bond donors (Lipinski definition) is 0. The van der Waals surface area contributed by atoms with E-state index >= 15 is 0 Å². The highest BCUT2D eigenvalue weighted by Crippen LogP contribution is 2.36. The maximum Gasteiger partial charge on any atom is 0.0573 e. The first-order chi connectivity index (χ1) is 6.93. The lowest BCUT2D eigenvalue weighted by atomic mass is 10.0. The maximum absolute atomic E-state index is 5.75. The van der Waals surface area contributed by atoms with E-state index in [2.05, 4.69) is 18.6 Å². The van der Waals surface area contributed by atoms with Crippen molar-refractivity contribution in [3.8, 4) is 11.5 Å². The number of fused-ring (bicyclic) bond motifs is 2. The zero-order valence-electron chi connectivity index (χ0n) is 7.60. The molecule has 0 fully saturated rings. The van der Waals surface area contributed by atoms with Gasteiger partial charge in [0.2, 0.25) is 0 Å². The van der Waals surface area contributed by atoms with E-state index in [-0.39, 0.29) is 0 Å². The van der Waals surface area contributed by atoms with E-state index in [4.69, 9.17) is 4.74 Å². The van der Waals surface area contributed by atoms with Crippen molar-refractivity contribution in [3.05, 3.63) is 66.1 Å². The molecule has 3 rings (SSSR count). The van der Waals surface area contributed by atoms with E-state index in [9.17, 15) is 0 Å². The lowest BCUT2D eigenvalue weighted by Crippen LogP contribution is -1.99. The van der Waals surface area contributed by atoms with Crippen LogP contribution in [0.25, 0.3) is 0 Å². The molecule has 2 aromatic rings. The van der Waals surface area contributed by atoms with E-state index in [1.165, 1.54) is 0 Å². The Kier molecular flexibility index (Phi) is 1.51. The molecule has 2 aromatic carbocycles. The standard InChI is InChI=1S/C13H9O/c1-3-7-12-10(5-1)9-11-6-2-4-8-13(11)14-12/h1-9H/q-1. The average molecular weight is 181 g/mol. The predicted molar refractivity (Wildman–Crippen MR) is 55.5 cm³/mol. The van der Waals surface area contributed by atoms with Crippen molar-refractivity contribution in [3.63, 3.8) is 0 Å². The van der Waals surface area contributed by atoms with Gasteiger partial charge in [-0.3, -0.25) is 0 Å². The summed E-state index contributed by atoms with van der Waals surface area (Å²) in [4.78, 5) is 0. The number of para-hydroxylation sites is 2. The molecule has 68 valence electrons. The van der Waals surface area contributed by atoms with E-state index in [0.29, 0.717) is 0 Å². The van der Waals surface area contributed by atoms with Crippen LogP contribution in [-0.2, 0) is 0 Å². The Morgan fingerprint density at radius 2 is 1.21 bits per heavy atom. The molecule has 0 radical (unpaired) electrons. The molecule has 0 aromatic heterocycles. The fourth-order valence-electron chi connectivity index (χ4n) is 1.67. The van der Waals surface area contributed by atoms with Crippen molar-refractivity contribution in [2.75, 3.05) is 0 Å². The summed E-state index contributed by atoms with van der Waals surface area (Å²) in [6.45, 7) is 0. The molecule has 0 N–H and O–H groups in total. The highest BCUT2D eigenvalue weighted by Gasteiger charge is 2.07. The van der Waals surface area contributed by atoms with Gasteiger partial charge < -0.3 is 4.74 Å². The summed E-state index contributed by atoms with van der Waals surface area (Å²) in [6, 6.07) is 16.1. The molecular weight excluding hydrogens is 172 g/mol. The third-order valence-electron chi connectivity index (χ3n) is 2.37. The number of ether oxygens (including phenoxy) is 1. The van der Waals surface area contributed by atoms with E-state index < -0.39 is 0 Å². The number of hydrogen-bond acceptors (Lipinski definition) is 1. The van der Waals surface area contributed by atoms with Crippen LogP contribution in [0.1, 0.15) is 11.1 Å². The van der Waals surface area contributed by atoms with Gasteiger partial charge in [0.25, 0.3) is 0 Å². The van der Waals surface area contributed by atoms with Crippen LogP contribution in [0.3, 0.4) is 0 Å². The molecule has 0 spiro atoms. The summed E-state index contributed by atoms with van der Waals surface area (Å²) < 4.78 is 5.75. The molecule has 0 saturated heterocycles. The van der Waals surface area contributed by atoms with Gasteiger partial charge >= 0.3 is 0 Å². The summed E-state index contributed by atoms with van der Waals surface area (Å²) in [6.07, 6.45) is 2.15. The van der Waals surface area contributed by atoms with Gasteiger partial charge in [-0.25, -0.2) is 0 Å². The molecule has 0 saturated carbocycles.